The van der Waals surface area contributed by atoms with Crippen LogP contribution in [0.3, 0.4) is 0 Å². The molecule has 1 amide bonds. The third kappa shape index (κ3) is 2.76. The third-order valence-corrected chi connectivity index (χ3v) is 3.38. The van der Waals surface area contributed by atoms with Crippen LogP contribution >= 0.6 is 11.6 Å². The Bertz CT molecular complexity index is 560. The molecule has 7 heteroatoms. The maximum atomic E-state index is 12.2. The van der Waals surface area contributed by atoms with E-state index < -0.39 is 0 Å². The molecule has 1 aromatic carbocycles. The molecule has 6 nitrogen and oxygen atoms in total. The van der Waals surface area contributed by atoms with Gasteiger partial charge in [-0.2, -0.15) is 0 Å². The number of amides is 1. The molecular weight excluding hydrogens is 282 g/mol. The lowest BCUT2D eigenvalue weighted by atomic mass is 10.1. The summed E-state index contributed by atoms with van der Waals surface area (Å²) in [6.07, 6.45) is 0.614. The molecule has 2 rings (SSSR count). The lowest BCUT2D eigenvalue weighted by Gasteiger charge is -2.19. The Morgan fingerprint density at radius 3 is 2.80 bits per heavy atom. The highest BCUT2D eigenvalue weighted by Crippen LogP contribution is 2.38. The SMILES string of the molecule is CO[N+](=O)c1cc(Cl)cc2c1CCN2C(=O)CN(C)C. The third-order valence-electron chi connectivity index (χ3n) is 3.16. The first kappa shape index (κ1) is 14.7. The first-order valence-corrected chi connectivity index (χ1v) is 6.60. The van der Waals surface area contributed by atoms with Gasteiger partial charge in [0, 0.05) is 17.6 Å². The summed E-state index contributed by atoms with van der Waals surface area (Å²) in [5, 5.41) is 0.404. The molecule has 0 atom stereocenters. The molecule has 0 aromatic heterocycles. The normalized spacial score (nSPS) is 13.6. The minimum atomic E-state index is -0.0168. The first-order chi connectivity index (χ1) is 9.43. The number of benzene rings is 1. The smallest absolute Gasteiger partial charge is 0.310 e. The highest BCUT2D eigenvalue weighted by Gasteiger charge is 2.33. The number of carbonyl (C=O) groups is 1. The number of rotatable bonds is 4. The van der Waals surface area contributed by atoms with Crippen LogP contribution in [0.5, 0.6) is 0 Å². The number of nitrogens with zero attached hydrogens (tertiary/aromatic N) is 3. The molecule has 0 spiro atoms. The molecule has 20 heavy (non-hydrogen) atoms. The molecule has 1 aromatic rings. The van der Waals surface area contributed by atoms with Gasteiger partial charge in [-0.3, -0.25) is 4.79 Å². The molecule has 1 aliphatic rings. The second kappa shape index (κ2) is 5.76. The molecule has 0 saturated carbocycles. The number of carbonyl (C=O) groups excluding carboxylic acids is 1. The summed E-state index contributed by atoms with van der Waals surface area (Å²) < 4.78 is 0. The second-order valence-electron chi connectivity index (χ2n) is 4.90. The van der Waals surface area contributed by atoms with Crippen molar-refractivity contribution in [3.8, 4) is 0 Å². The van der Waals surface area contributed by atoms with Crippen LogP contribution in [0.25, 0.3) is 0 Å². The molecule has 0 fully saturated rings. The van der Waals surface area contributed by atoms with E-state index in [-0.39, 0.29) is 5.91 Å². The van der Waals surface area contributed by atoms with E-state index in [2.05, 4.69) is 4.84 Å². The number of hydrogen-bond acceptors (Lipinski definition) is 4. The van der Waals surface area contributed by atoms with E-state index in [0.717, 1.165) is 5.56 Å². The topological polar surface area (TPSA) is 52.9 Å². The molecule has 108 valence electrons. The number of hydrogen-bond donors (Lipinski definition) is 0. The van der Waals surface area contributed by atoms with E-state index >= 15 is 0 Å². The Hall–Kier alpha value is -1.66. The van der Waals surface area contributed by atoms with E-state index in [1.165, 1.54) is 7.11 Å². The van der Waals surface area contributed by atoms with Crippen LogP contribution in [0.15, 0.2) is 12.1 Å². The molecule has 0 bridgehead atoms. The van der Waals surface area contributed by atoms with Gasteiger partial charge in [0.2, 0.25) is 5.91 Å². The van der Waals surface area contributed by atoms with Gasteiger partial charge in [0.15, 0.2) is 7.11 Å². The van der Waals surface area contributed by atoms with Crippen molar-refractivity contribution < 1.29 is 14.6 Å². The van der Waals surface area contributed by atoms with Crippen LogP contribution in [0.2, 0.25) is 5.02 Å². The molecule has 0 N–H and O–H groups in total. The van der Waals surface area contributed by atoms with Crippen molar-refractivity contribution in [2.24, 2.45) is 0 Å². The fourth-order valence-electron chi connectivity index (χ4n) is 2.33. The quantitative estimate of drug-likeness (QED) is 0.795. The lowest BCUT2D eigenvalue weighted by Crippen LogP contribution is -2.36. The monoisotopic (exact) mass is 298 g/mol. The van der Waals surface area contributed by atoms with Gasteiger partial charge in [-0.25, -0.2) is 4.84 Å². The van der Waals surface area contributed by atoms with Gasteiger partial charge >= 0.3 is 5.69 Å². The Balaban J connectivity index is 2.39. The summed E-state index contributed by atoms with van der Waals surface area (Å²) in [4.78, 5) is 32.5. The highest BCUT2D eigenvalue weighted by atomic mass is 35.5. The van der Waals surface area contributed by atoms with E-state index in [0.29, 0.717) is 40.8 Å². The summed E-state index contributed by atoms with van der Waals surface area (Å²) in [7, 11) is 4.97. The lowest BCUT2D eigenvalue weighted by molar-refractivity contribution is -0.737. The highest BCUT2D eigenvalue weighted by molar-refractivity contribution is 6.31. The zero-order chi connectivity index (χ0) is 14.9. The van der Waals surface area contributed by atoms with E-state index in [9.17, 15) is 9.70 Å². The van der Waals surface area contributed by atoms with Gasteiger partial charge in [0.25, 0.3) is 4.92 Å². The van der Waals surface area contributed by atoms with Gasteiger partial charge in [-0.05, 0) is 26.6 Å². The molecule has 0 radical (unpaired) electrons. The van der Waals surface area contributed by atoms with Crippen LogP contribution in [0.1, 0.15) is 5.56 Å². The minimum absolute atomic E-state index is 0.0168. The Morgan fingerprint density at radius 2 is 2.20 bits per heavy atom. The molecular formula is C13H17ClN3O3+. The zero-order valence-electron chi connectivity index (χ0n) is 11.7. The molecule has 1 aliphatic heterocycles. The Kier molecular flexibility index (Phi) is 4.25. The summed E-state index contributed by atoms with van der Waals surface area (Å²) in [5.41, 5.74) is 1.84. The van der Waals surface area contributed by atoms with E-state index in [1.807, 2.05) is 14.1 Å². The van der Waals surface area contributed by atoms with Gasteiger partial charge in [0.1, 0.15) is 0 Å². The van der Waals surface area contributed by atoms with Crippen molar-refractivity contribution in [3.05, 3.63) is 27.6 Å². The fraction of sp³-hybridized carbons (Fsp3) is 0.462. The van der Waals surface area contributed by atoms with Crippen LogP contribution in [-0.4, -0.2) is 50.0 Å². The summed E-state index contributed by atoms with van der Waals surface area (Å²) >= 11 is 6.04. The van der Waals surface area contributed by atoms with E-state index in [1.54, 1.807) is 21.9 Å². The van der Waals surface area contributed by atoms with Crippen molar-refractivity contribution in [3.63, 3.8) is 0 Å². The predicted octanol–water partition coefficient (Wildman–Crippen LogP) is 1.76. The zero-order valence-corrected chi connectivity index (χ0v) is 12.5. The van der Waals surface area contributed by atoms with E-state index in [4.69, 9.17) is 11.6 Å². The van der Waals surface area contributed by atoms with Crippen molar-refractivity contribution in [2.75, 3.05) is 39.2 Å². The van der Waals surface area contributed by atoms with Gasteiger partial charge in [0.05, 0.1) is 22.7 Å². The van der Waals surface area contributed by atoms with Crippen molar-refractivity contribution in [2.45, 2.75) is 6.42 Å². The van der Waals surface area contributed by atoms with Crippen molar-refractivity contribution >= 4 is 28.9 Å². The maximum absolute atomic E-state index is 12.2. The number of likely N-dealkylation sites (N-methyl/N-ethyl adjacent to an activating group) is 1. The minimum Gasteiger partial charge on any atom is -0.310 e. The standard InChI is InChI=1S/C13H17ClN3O3/c1-15(2)8-13(18)16-5-4-10-11(16)6-9(14)7-12(10)17(19)20-3/h6-7H,4-5,8H2,1-3H3/q+1. The summed E-state index contributed by atoms with van der Waals surface area (Å²) in [5.74, 6) is -0.0168. The number of fused-ring (bicyclic) bond motifs is 1. The largest absolute Gasteiger partial charge is 0.323 e. The second-order valence-corrected chi connectivity index (χ2v) is 5.33. The fourth-order valence-corrected chi connectivity index (χ4v) is 2.53. The van der Waals surface area contributed by atoms with Gasteiger partial charge < -0.3 is 9.80 Å². The van der Waals surface area contributed by atoms with Crippen LogP contribution in [-0.2, 0) is 16.1 Å². The van der Waals surface area contributed by atoms with Crippen LogP contribution in [0.4, 0.5) is 11.4 Å². The predicted molar refractivity (Wildman–Crippen MR) is 76.4 cm³/mol. The molecule has 0 saturated heterocycles. The molecule has 0 aliphatic carbocycles. The van der Waals surface area contributed by atoms with Gasteiger partial charge in [-0.1, -0.05) is 11.6 Å². The maximum Gasteiger partial charge on any atom is 0.323 e. The summed E-state index contributed by atoms with van der Waals surface area (Å²) in [6, 6.07) is 3.27. The van der Waals surface area contributed by atoms with Crippen LogP contribution < -0.4 is 4.90 Å². The number of halogens is 1. The van der Waals surface area contributed by atoms with Crippen molar-refractivity contribution in [1.29, 1.82) is 0 Å². The average molecular weight is 299 g/mol. The average Bonchev–Trinajstić information content (AvgIpc) is 2.79. The summed E-state index contributed by atoms with van der Waals surface area (Å²) in [6.45, 7) is 0.861. The van der Waals surface area contributed by atoms with Crippen LogP contribution in [0, 0.1) is 4.91 Å². The Labute approximate surface area is 122 Å². The first-order valence-electron chi connectivity index (χ1n) is 6.23. The Morgan fingerprint density at radius 1 is 1.50 bits per heavy atom. The molecule has 0 unspecified atom stereocenters. The number of anilines is 1. The van der Waals surface area contributed by atoms with Gasteiger partial charge in [-0.15, -0.1) is 0 Å². The molecule has 1 heterocycles. The van der Waals surface area contributed by atoms with Crippen molar-refractivity contribution in [1.82, 2.24) is 4.90 Å².